The first-order valence-corrected chi connectivity index (χ1v) is 7.76. The van der Waals surface area contributed by atoms with Crippen LogP contribution in [0.2, 0.25) is 0 Å². The lowest BCUT2D eigenvalue weighted by atomic mass is 10.2. The molecular weight excluding hydrogens is 298 g/mol. The van der Waals surface area contributed by atoms with E-state index >= 15 is 0 Å². The number of nitrogens with one attached hydrogen (secondary N) is 2. The van der Waals surface area contributed by atoms with Crippen molar-refractivity contribution in [2.75, 3.05) is 11.9 Å². The number of nitrogens with zero attached hydrogens (tertiary/aromatic N) is 1. The van der Waals surface area contributed by atoms with Crippen molar-refractivity contribution in [3.05, 3.63) is 30.5 Å². The summed E-state index contributed by atoms with van der Waals surface area (Å²) in [7, 11) is 0. The zero-order chi connectivity index (χ0) is 14.8. The molecule has 1 amide bonds. The van der Waals surface area contributed by atoms with Gasteiger partial charge >= 0.3 is 0 Å². The van der Waals surface area contributed by atoms with Crippen LogP contribution in [0.15, 0.2) is 30.5 Å². The summed E-state index contributed by atoms with van der Waals surface area (Å²) in [5.41, 5.74) is 2.10. The summed E-state index contributed by atoms with van der Waals surface area (Å²) in [4.78, 5) is 12.1. The number of carbonyl (C=O) groups excluding carboxylic acids is 1. The van der Waals surface area contributed by atoms with Gasteiger partial charge in [-0.15, -0.1) is 12.4 Å². The van der Waals surface area contributed by atoms with Crippen LogP contribution in [-0.4, -0.2) is 23.1 Å². The number of anilines is 1. The largest absolute Gasteiger partial charge is 0.347 e. The van der Waals surface area contributed by atoms with Gasteiger partial charge < -0.3 is 15.2 Å². The lowest BCUT2D eigenvalue weighted by Crippen LogP contribution is -2.35. The Morgan fingerprint density at radius 1 is 1.41 bits per heavy atom. The van der Waals surface area contributed by atoms with Crippen molar-refractivity contribution in [3.8, 4) is 0 Å². The van der Waals surface area contributed by atoms with Gasteiger partial charge in [0.25, 0.3) is 0 Å². The fourth-order valence-electron chi connectivity index (χ4n) is 2.97. The number of hydrogen-bond acceptors (Lipinski definition) is 2. The van der Waals surface area contributed by atoms with Crippen LogP contribution in [0.25, 0.3) is 10.9 Å². The van der Waals surface area contributed by atoms with Crippen LogP contribution < -0.4 is 10.6 Å². The van der Waals surface area contributed by atoms with Crippen LogP contribution in [0.1, 0.15) is 26.7 Å². The van der Waals surface area contributed by atoms with Gasteiger partial charge in [0.2, 0.25) is 5.91 Å². The number of amides is 1. The van der Waals surface area contributed by atoms with Gasteiger partial charge in [0, 0.05) is 29.3 Å². The highest BCUT2D eigenvalue weighted by Crippen LogP contribution is 2.22. The molecule has 1 aromatic carbocycles. The molecular formula is C17H24ClN3O. The van der Waals surface area contributed by atoms with Crippen LogP contribution in [0.5, 0.6) is 0 Å². The summed E-state index contributed by atoms with van der Waals surface area (Å²) < 4.78 is 2.27. The zero-order valence-electron chi connectivity index (χ0n) is 13.1. The van der Waals surface area contributed by atoms with E-state index in [2.05, 4.69) is 53.4 Å². The summed E-state index contributed by atoms with van der Waals surface area (Å²) in [6.07, 6.45) is 4.13. The predicted octanol–water partition coefficient (Wildman–Crippen LogP) is 3.41. The predicted molar refractivity (Wildman–Crippen MR) is 93.7 cm³/mol. The normalized spacial score (nSPS) is 17.7. The van der Waals surface area contributed by atoms with Gasteiger partial charge in [-0.3, -0.25) is 4.79 Å². The van der Waals surface area contributed by atoms with E-state index in [1.807, 2.05) is 6.07 Å². The second-order valence-electron chi connectivity index (χ2n) is 6.27. The minimum atomic E-state index is -0.0359. The molecule has 2 heterocycles. The van der Waals surface area contributed by atoms with Gasteiger partial charge in [-0.2, -0.15) is 0 Å². The topological polar surface area (TPSA) is 46.1 Å². The number of aromatic nitrogens is 1. The van der Waals surface area contributed by atoms with Gasteiger partial charge in [-0.1, -0.05) is 13.8 Å². The van der Waals surface area contributed by atoms with Gasteiger partial charge in [0.1, 0.15) is 0 Å². The summed E-state index contributed by atoms with van der Waals surface area (Å²) in [6.45, 7) is 6.39. The van der Waals surface area contributed by atoms with Crippen LogP contribution in [0.3, 0.4) is 0 Å². The number of rotatable bonds is 4. The van der Waals surface area contributed by atoms with E-state index in [0.29, 0.717) is 5.92 Å². The van der Waals surface area contributed by atoms with Gasteiger partial charge in [-0.05, 0) is 49.6 Å². The van der Waals surface area contributed by atoms with Crippen molar-refractivity contribution in [3.63, 3.8) is 0 Å². The van der Waals surface area contributed by atoms with Crippen LogP contribution in [-0.2, 0) is 11.3 Å². The summed E-state index contributed by atoms with van der Waals surface area (Å²) >= 11 is 0. The van der Waals surface area contributed by atoms with E-state index in [1.54, 1.807) is 0 Å². The van der Waals surface area contributed by atoms with E-state index in [0.717, 1.165) is 31.6 Å². The van der Waals surface area contributed by atoms with E-state index in [1.165, 1.54) is 10.9 Å². The lowest BCUT2D eigenvalue weighted by molar-refractivity contribution is -0.117. The minimum Gasteiger partial charge on any atom is -0.347 e. The van der Waals surface area contributed by atoms with Crippen molar-refractivity contribution in [1.82, 2.24) is 9.88 Å². The summed E-state index contributed by atoms with van der Waals surface area (Å²) in [6, 6.07) is 8.22. The molecule has 120 valence electrons. The molecule has 2 N–H and O–H groups in total. The van der Waals surface area contributed by atoms with Gasteiger partial charge in [-0.25, -0.2) is 0 Å². The monoisotopic (exact) mass is 321 g/mol. The number of fused-ring (bicyclic) bond motifs is 1. The molecule has 22 heavy (non-hydrogen) atoms. The van der Waals surface area contributed by atoms with Gasteiger partial charge in [0.15, 0.2) is 0 Å². The first kappa shape index (κ1) is 16.8. The first-order chi connectivity index (χ1) is 10.1. The Balaban J connectivity index is 0.00000176. The average Bonchev–Trinajstić information content (AvgIpc) is 3.08. The van der Waals surface area contributed by atoms with E-state index in [4.69, 9.17) is 0 Å². The molecule has 1 unspecified atom stereocenters. The fraction of sp³-hybridized carbons (Fsp3) is 0.471. The Kier molecular flexibility index (Phi) is 5.48. The Morgan fingerprint density at radius 3 is 2.91 bits per heavy atom. The molecule has 1 atom stereocenters. The minimum absolute atomic E-state index is 0. The van der Waals surface area contributed by atoms with E-state index in [9.17, 15) is 4.79 Å². The van der Waals surface area contributed by atoms with Crippen molar-refractivity contribution < 1.29 is 4.79 Å². The third kappa shape index (κ3) is 3.62. The number of carbonyl (C=O) groups is 1. The number of hydrogen-bond donors (Lipinski definition) is 2. The molecule has 1 fully saturated rings. The third-order valence-corrected chi connectivity index (χ3v) is 3.98. The molecule has 2 aromatic rings. The molecule has 0 saturated carbocycles. The summed E-state index contributed by atoms with van der Waals surface area (Å²) in [5.74, 6) is 0.696. The standard InChI is InChI=1S/C17H23N3O.ClH/c1-12(2)11-20-9-7-13-10-14(5-6-16(13)20)19-17(21)15-4-3-8-18-15;/h5-7,9-10,12,15,18H,3-4,8,11H2,1-2H3,(H,19,21);1H. The first-order valence-electron chi connectivity index (χ1n) is 7.76. The Bertz CT molecular complexity index is 644. The number of halogens is 1. The molecule has 1 aliphatic heterocycles. The highest BCUT2D eigenvalue weighted by atomic mass is 35.5. The molecule has 1 aliphatic rings. The fourth-order valence-corrected chi connectivity index (χ4v) is 2.97. The van der Waals surface area contributed by atoms with Crippen molar-refractivity contribution in [1.29, 1.82) is 0 Å². The maximum Gasteiger partial charge on any atom is 0.241 e. The van der Waals surface area contributed by atoms with E-state index < -0.39 is 0 Å². The van der Waals surface area contributed by atoms with Crippen LogP contribution in [0.4, 0.5) is 5.69 Å². The van der Waals surface area contributed by atoms with Crippen molar-refractivity contribution in [2.45, 2.75) is 39.3 Å². The average molecular weight is 322 g/mol. The molecule has 0 spiro atoms. The number of benzene rings is 1. The lowest BCUT2D eigenvalue weighted by Gasteiger charge is -2.12. The molecule has 4 nitrogen and oxygen atoms in total. The van der Waals surface area contributed by atoms with Crippen molar-refractivity contribution >= 4 is 34.9 Å². The quantitative estimate of drug-likeness (QED) is 0.906. The second kappa shape index (κ2) is 7.16. The SMILES string of the molecule is CC(C)Cn1ccc2cc(NC(=O)C3CCCN3)ccc21.Cl. The molecule has 5 heteroatoms. The zero-order valence-corrected chi connectivity index (χ0v) is 14.0. The van der Waals surface area contributed by atoms with Gasteiger partial charge in [0.05, 0.1) is 6.04 Å². The molecule has 0 radical (unpaired) electrons. The van der Waals surface area contributed by atoms with Crippen LogP contribution >= 0.6 is 12.4 Å². The smallest absolute Gasteiger partial charge is 0.241 e. The maximum absolute atomic E-state index is 12.1. The second-order valence-corrected chi connectivity index (χ2v) is 6.27. The summed E-state index contributed by atoms with van der Waals surface area (Å²) in [5, 5.41) is 7.41. The highest BCUT2D eigenvalue weighted by molar-refractivity contribution is 5.97. The Hall–Kier alpha value is -1.52. The molecule has 1 saturated heterocycles. The Morgan fingerprint density at radius 2 is 2.23 bits per heavy atom. The highest BCUT2D eigenvalue weighted by Gasteiger charge is 2.21. The van der Waals surface area contributed by atoms with Crippen LogP contribution in [0, 0.1) is 5.92 Å². The Labute approximate surface area is 137 Å². The van der Waals surface area contributed by atoms with E-state index in [-0.39, 0.29) is 24.4 Å². The third-order valence-electron chi connectivity index (χ3n) is 3.98. The molecule has 0 bridgehead atoms. The molecule has 0 aliphatic carbocycles. The molecule has 3 rings (SSSR count). The van der Waals surface area contributed by atoms with Crippen molar-refractivity contribution in [2.24, 2.45) is 5.92 Å². The molecule has 1 aromatic heterocycles. The maximum atomic E-state index is 12.1.